The number of hydrogen-bond donors (Lipinski definition) is 1. The molecule has 1 amide bonds. The third-order valence-electron chi connectivity index (χ3n) is 3.90. The summed E-state index contributed by atoms with van der Waals surface area (Å²) in [5, 5.41) is 17.2. The second-order valence-corrected chi connectivity index (χ2v) is 7.60. The molecule has 136 valence electrons. The van der Waals surface area contributed by atoms with E-state index >= 15 is 0 Å². The van der Waals surface area contributed by atoms with Crippen LogP contribution < -0.4 is 5.32 Å². The lowest BCUT2D eigenvalue weighted by Gasteiger charge is -2.00. The summed E-state index contributed by atoms with van der Waals surface area (Å²) in [6, 6.07) is 10.1. The number of carbonyl (C=O) groups is 1. The molecule has 0 unspecified atom stereocenters. The third kappa shape index (κ3) is 4.29. The molecule has 8 heteroatoms. The number of thiazole rings is 1. The number of benzene rings is 1. The van der Waals surface area contributed by atoms with Crippen LogP contribution >= 0.6 is 22.7 Å². The number of rotatable bonds is 6. The number of amides is 1. The molecule has 6 nitrogen and oxygen atoms in total. The molecule has 0 saturated carbocycles. The van der Waals surface area contributed by atoms with Crippen LogP contribution in [0.5, 0.6) is 0 Å². The van der Waals surface area contributed by atoms with E-state index in [1.807, 2.05) is 53.4 Å². The molecule has 0 aliphatic heterocycles. The van der Waals surface area contributed by atoms with Crippen molar-refractivity contribution in [1.29, 1.82) is 0 Å². The lowest BCUT2D eigenvalue weighted by molar-refractivity contribution is -0.116. The first-order chi connectivity index (χ1) is 13.2. The SMILES string of the molecule is Cc1ccc(-c2csc(NC(=O)CCc3nnc(-c4ccsc4)o3)n2)cc1. The van der Waals surface area contributed by atoms with Gasteiger partial charge < -0.3 is 9.73 Å². The second-order valence-electron chi connectivity index (χ2n) is 5.97. The molecule has 0 saturated heterocycles. The van der Waals surface area contributed by atoms with Crippen LogP contribution in [0, 0.1) is 6.92 Å². The van der Waals surface area contributed by atoms with Crippen LogP contribution in [0.1, 0.15) is 17.9 Å². The Morgan fingerprint density at radius 3 is 2.74 bits per heavy atom. The Morgan fingerprint density at radius 2 is 1.96 bits per heavy atom. The largest absolute Gasteiger partial charge is 0.421 e. The molecule has 1 N–H and O–H groups in total. The highest BCUT2D eigenvalue weighted by atomic mass is 32.1. The monoisotopic (exact) mass is 396 g/mol. The van der Waals surface area contributed by atoms with Gasteiger partial charge in [0.2, 0.25) is 17.7 Å². The van der Waals surface area contributed by atoms with Crippen molar-refractivity contribution in [1.82, 2.24) is 15.2 Å². The van der Waals surface area contributed by atoms with E-state index in [1.165, 1.54) is 16.9 Å². The molecule has 0 bridgehead atoms. The van der Waals surface area contributed by atoms with Gasteiger partial charge in [0.15, 0.2) is 5.13 Å². The van der Waals surface area contributed by atoms with Gasteiger partial charge in [-0.05, 0) is 18.4 Å². The van der Waals surface area contributed by atoms with E-state index in [4.69, 9.17) is 4.42 Å². The predicted octanol–water partition coefficient (Wildman–Crippen LogP) is 4.80. The van der Waals surface area contributed by atoms with Crippen LogP contribution in [-0.2, 0) is 11.2 Å². The van der Waals surface area contributed by atoms with Gasteiger partial charge in [-0.3, -0.25) is 4.79 Å². The van der Waals surface area contributed by atoms with E-state index < -0.39 is 0 Å². The highest BCUT2D eigenvalue weighted by Gasteiger charge is 2.12. The van der Waals surface area contributed by atoms with Crippen molar-refractivity contribution in [3.63, 3.8) is 0 Å². The first-order valence-corrected chi connectivity index (χ1v) is 10.2. The van der Waals surface area contributed by atoms with E-state index in [-0.39, 0.29) is 12.3 Å². The van der Waals surface area contributed by atoms with E-state index in [2.05, 4.69) is 20.5 Å². The topological polar surface area (TPSA) is 80.9 Å². The fourth-order valence-corrected chi connectivity index (χ4v) is 3.81. The molecule has 27 heavy (non-hydrogen) atoms. The highest BCUT2D eigenvalue weighted by Crippen LogP contribution is 2.25. The van der Waals surface area contributed by atoms with Crippen molar-refractivity contribution < 1.29 is 9.21 Å². The van der Waals surface area contributed by atoms with Crippen LogP contribution in [0.4, 0.5) is 5.13 Å². The molecular formula is C19H16N4O2S2. The molecule has 3 aromatic heterocycles. The molecule has 0 radical (unpaired) electrons. The molecule has 4 rings (SSSR count). The van der Waals surface area contributed by atoms with Crippen molar-refractivity contribution >= 4 is 33.7 Å². The summed E-state index contributed by atoms with van der Waals surface area (Å²) >= 11 is 2.97. The zero-order valence-corrected chi connectivity index (χ0v) is 16.1. The molecule has 0 aliphatic rings. The van der Waals surface area contributed by atoms with Gasteiger partial charge in [0.05, 0.1) is 5.69 Å². The van der Waals surface area contributed by atoms with Gasteiger partial charge in [-0.2, -0.15) is 11.3 Å². The number of hydrogen-bond acceptors (Lipinski definition) is 7. The Hall–Kier alpha value is -2.84. The van der Waals surface area contributed by atoms with Crippen molar-refractivity contribution in [3.8, 4) is 22.7 Å². The molecule has 4 aromatic rings. The van der Waals surface area contributed by atoms with Crippen molar-refractivity contribution in [2.24, 2.45) is 0 Å². The van der Waals surface area contributed by atoms with E-state index in [0.29, 0.717) is 23.3 Å². The Labute approximate surface area is 163 Å². The molecule has 0 atom stereocenters. The average Bonchev–Trinajstić information content (AvgIpc) is 3.42. The maximum atomic E-state index is 12.2. The summed E-state index contributed by atoms with van der Waals surface area (Å²) in [5.74, 6) is 0.801. The molecule has 0 fully saturated rings. The molecule has 0 spiro atoms. The van der Waals surface area contributed by atoms with Gasteiger partial charge in [0.1, 0.15) is 0 Å². The Bertz CT molecular complexity index is 1040. The van der Waals surface area contributed by atoms with Crippen LogP contribution in [0.25, 0.3) is 22.7 Å². The molecule has 0 aliphatic carbocycles. The maximum Gasteiger partial charge on any atom is 0.248 e. The van der Waals surface area contributed by atoms with Crippen molar-refractivity contribution in [3.05, 3.63) is 57.9 Å². The Morgan fingerprint density at radius 1 is 1.11 bits per heavy atom. The van der Waals surface area contributed by atoms with E-state index in [1.54, 1.807) is 11.3 Å². The number of aromatic nitrogens is 3. The van der Waals surface area contributed by atoms with Crippen LogP contribution in [-0.4, -0.2) is 21.1 Å². The highest BCUT2D eigenvalue weighted by molar-refractivity contribution is 7.14. The number of carbonyl (C=O) groups excluding carboxylic acids is 1. The van der Waals surface area contributed by atoms with Gasteiger partial charge in [-0.15, -0.1) is 21.5 Å². The summed E-state index contributed by atoms with van der Waals surface area (Å²) in [6.07, 6.45) is 0.643. The summed E-state index contributed by atoms with van der Waals surface area (Å²) in [7, 11) is 0. The predicted molar refractivity (Wildman–Crippen MR) is 107 cm³/mol. The fraction of sp³-hybridized carbons (Fsp3) is 0.158. The second kappa shape index (κ2) is 7.81. The number of aryl methyl sites for hydroxylation is 2. The van der Waals surface area contributed by atoms with Gasteiger partial charge in [-0.25, -0.2) is 4.98 Å². The van der Waals surface area contributed by atoms with Gasteiger partial charge in [0.25, 0.3) is 0 Å². The summed E-state index contributed by atoms with van der Waals surface area (Å²) in [4.78, 5) is 16.7. The van der Waals surface area contributed by atoms with Crippen LogP contribution in [0.15, 0.2) is 50.9 Å². The van der Waals surface area contributed by atoms with Crippen molar-refractivity contribution in [2.45, 2.75) is 19.8 Å². The van der Waals surface area contributed by atoms with Gasteiger partial charge in [0, 0.05) is 34.7 Å². The number of nitrogens with one attached hydrogen (secondary N) is 1. The summed E-state index contributed by atoms with van der Waals surface area (Å²) in [5.41, 5.74) is 3.98. The normalized spacial score (nSPS) is 10.9. The minimum atomic E-state index is -0.130. The third-order valence-corrected chi connectivity index (χ3v) is 5.34. The molecule has 3 heterocycles. The molecule has 1 aromatic carbocycles. The van der Waals surface area contributed by atoms with Gasteiger partial charge >= 0.3 is 0 Å². The first kappa shape index (κ1) is 17.6. The fourth-order valence-electron chi connectivity index (χ4n) is 2.45. The van der Waals surface area contributed by atoms with E-state index in [9.17, 15) is 4.79 Å². The quantitative estimate of drug-likeness (QED) is 0.506. The minimum Gasteiger partial charge on any atom is -0.421 e. The standard InChI is InChI=1S/C19H16N4O2S2/c1-12-2-4-13(5-3-12)15-11-27-19(20-15)21-16(24)6-7-17-22-23-18(25-17)14-8-9-26-10-14/h2-5,8-11H,6-7H2,1H3,(H,20,21,24). The Balaban J connectivity index is 1.33. The minimum absolute atomic E-state index is 0.130. The zero-order chi connectivity index (χ0) is 18.6. The first-order valence-electron chi connectivity index (χ1n) is 8.35. The number of anilines is 1. The summed E-state index contributed by atoms with van der Waals surface area (Å²) in [6.45, 7) is 2.04. The van der Waals surface area contributed by atoms with Crippen LogP contribution in [0.2, 0.25) is 0 Å². The lowest BCUT2D eigenvalue weighted by atomic mass is 10.1. The maximum absolute atomic E-state index is 12.2. The Kier molecular flexibility index (Phi) is 5.08. The zero-order valence-electron chi connectivity index (χ0n) is 14.5. The number of nitrogens with zero attached hydrogens (tertiary/aromatic N) is 3. The van der Waals surface area contributed by atoms with Crippen LogP contribution in [0.3, 0.4) is 0 Å². The summed E-state index contributed by atoms with van der Waals surface area (Å²) < 4.78 is 5.59. The number of thiophene rings is 1. The average molecular weight is 396 g/mol. The van der Waals surface area contributed by atoms with E-state index in [0.717, 1.165) is 16.8 Å². The van der Waals surface area contributed by atoms with Crippen molar-refractivity contribution in [2.75, 3.05) is 5.32 Å². The smallest absolute Gasteiger partial charge is 0.248 e. The lowest BCUT2D eigenvalue weighted by Crippen LogP contribution is -2.12. The van der Waals surface area contributed by atoms with Gasteiger partial charge in [-0.1, -0.05) is 29.8 Å². The molecular weight excluding hydrogens is 380 g/mol.